The van der Waals surface area contributed by atoms with Crippen molar-refractivity contribution in [2.75, 3.05) is 26.2 Å². The van der Waals surface area contributed by atoms with Crippen molar-refractivity contribution in [2.24, 2.45) is 5.41 Å². The van der Waals surface area contributed by atoms with Gasteiger partial charge in [-0.05, 0) is 25.9 Å². The van der Waals surface area contributed by atoms with Crippen molar-refractivity contribution in [1.29, 1.82) is 10.5 Å². The predicted octanol–water partition coefficient (Wildman–Crippen LogP) is 1.03. The average molecular weight is 248 g/mol. The van der Waals surface area contributed by atoms with Gasteiger partial charge in [0.2, 0.25) is 5.91 Å². The van der Waals surface area contributed by atoms with Crippen molar-refractivity contribution < 1.29 is 4.79 Å². The Kier molecular flexibility index (Phi) is 5.61. The zero-order valence-electron chi connectivity index (χ0n) is 10.9. The monoisotopic (exact) mass is 248 g/mol. The minimum Gasteiger partial charge on any atom is -0.340 e. The molecule has 5 nitrogen and oxygen atoms in total. The number of carbonyl (C=O) groups is 1. The van der Waals surface area contributed by atoms with Crippen LogP contribution >= 0.6 is 0 Å². The third-order valence-electron chi connectivity index (χ3n) is 3.50. The molecule has 18 heavy (non-hydrogen) atoms. The van der Waals surface area contributed by atoms with E-state index < -0.39 is 0 Å². The zero-order valence-corrected chi connectivity index (χ0v) is 10.9. The number of hydrogen-bond acceptors (Lipinski definition) is 4. The highest BCUT2D eigenvalue weighted by Gasteiger charge is 2.37. The number of nitrogens with zero attached hydrogens (tertiary/aromatic N) is 3. The van der Waals surface area contributed by atoms with Crippen LogP contribution in [-0.2, 0) is 4.79 Å². The fraction of sp³-hybridized carbons (Fsp3) is 0.769. The van der Waals surface area contributed by atoms with Crippen LogP contribution in [0.5, 0.6) is 0 Å². The van der Waals surface area contributed by atoms with E-state index in [1.54, 1.807) is 4.90 Å². The molecule has 1 saturated heterocycles. The second-order valence-electron chi connectivity index (χ2n) is 4.92. The lowest BCUT2D eigenvalue weighted by molar-refractivity contribution is -0.142. The van der Waals surface area contributed by atoms with Gasteiger partial charge in [-0.25, -0.2) is 0 Å². The van der Waals surface area contributed by atoms with E-state index in [1.165, 1.54) is 0 Å². The quantitative estimate of drug-likeness (QED) is 0.788. The van der Waals surface area contributed by atoms with Gasteiger partial charge < -0.3 is 10.2 Å². The highest BCUT2D eigenvalue weighted by molar-refractivity contribution is 5.82. The Balaban J connectivity index is 2.67. The number of hydrogen-bond donors (Lipinski definition) is 1. The minimum absolute atomic E-state index is 0.0921. The Hall–Kier alpha value is -1.59. The van der Waals surface area contributed by atoms with Crippen LogP contribution in [0.1, 0.15) is 32.6 Å². The summed E-state index contributed by atoms with van der Waals surface area (Å²) < 4.78 is 0. The van der Waals surface area contributed by atoms with Crippen molar-refractivity contribution in [3.63, 3.8) is 0 Å². The molecule has 1 aliphatic heterocycles. The molecule has 1 N–H and O–H groups in total. The second kappa shape index (κ2) is 6.98. The third-order valence-corrected chi connectivity index (χ3v) is 3.50. The van der Waals surface area contributed by atoms with Gasteiger partial charge in [0.05, 0.1) is 25.0 Å². The first-order valence-corrected chi connectivity index (χ1v) is 6.38. The lowest BCUT2D eigenvalue weighted by Crippen LogP contribution is -2.48. The standard InChI is InChI=1S/C13H20N4O/c1-13(4-8-16-9-5-13)12(18)17(10-2-6-14)11-3-7-15/h16H,2-5,8-11H2,1H3. The summed E-state index contributed by atoms with van der Waals surface area (Å²) in [6.45, 7) is 4.56. The second-order valence-corrected chi connectivity index (χ2v) is 4.92. The molecule has 0 unspecified atom stereocenters. The maximum atomic E-state index is 12.5. The summed E-state index contributed by atoms with van der Waals surface area (Å²) in [5.41, 5.74) is -0.337. The summed E-state index contributed by atoms with van der Waals surface area (Å²) in [6.07, 6.45) is 2.29. The van der Waals surface area contributed by atoms with E-state index in [9.17, 15) is 4.79 Å². The highest BCUT2D eigenvalue weighted by atomic mass is 16.2. The number of rotatable bonds is 5. The fourth-order valence-electron chi connectivity index (χ4n) is 2.26. The summed E-state index contributed by atoms with van der Waals surface area (Å²) in [6, 6.07) is 4.11. The summed E-state index contributed by atoms with van der Waals surface area (Å²) in [7, 11) is 0. The van der Waals surface area contributed by atoms with E-state index >= 15 is 0 Å². The van der Waals surface area contributed by atoms with Crippen LogP contribution in [0, 0.1) is 28.1 Å². The molecular weight excluding hydrogens is 228 g/mol. The van der Waals surface area contributed by atoms with Gasteiger partial charge in [0, 0.05) is 18.5 Å². The molecule has 1 fully saturated rings. The summed E-state index contributed by atoms with van der Waals surface area (Å²) in [5.74, 6) is 0.0921. The molecule has 1 aliphatic rings. The summed E-state index contributed by atoms with van der Waals surface area (Å²) >= 11 is 0. The molecule has 0 aromatic heterocycles. The Labute approximate surface area is 108 Å². The van der Waals surface area contributed by atoms with Gasteiger partial charge in [-0.15, -0.1) is 0 Å². The Morgan fingerprint density at radius 2 is 1.72 bits per heavy atom. The SMILES string of the molecule is CC1(C(=O)N(CCC#N)CCC#N)CCNCC1. The summed E-state index contributed by atoms with van der Waals surface area (Å²) in [4.78, 5) is 14.2. The molecule has 1 heterocycles. The first-order chi connectivity index (χ1) is 8.64. The fourth-order valence-corrected chi connectivity index (χ4v) is 2.26. The van der Waals surface area contributed by atoms with Gasteiger partial charge in [0.15, 0.2) is 0 Å². The van der Waals surface area contributed by atoms with Crippen LogP contribution < -0.4 is 5.32 Å². The molecule has 0 aromatic rings. The van der Waals surface area contributed by atoms with Gasteiger partial charge in [-0.3, -0.25) is 4.79 Å². The van der Waals surface area contributed by atoms with Crippen LogP contribution in [0.4, 0.5) is 0 Å². The average Bonchev–Trinajstić information content (AvgIpc) is 2.39. The highest BCUT2D eigenvalue weighted by Crippen LogP contribution is 2.30. The number of piperidine rings is 1. The van der Waals surface area contributed by atoms with Crippen LogP contribution in [0.3, 0.4) is 0 Å². The van der Waals surface area contributed by atoms with Gasteiger partial charge in [-0.2, -0.15) is 10.5 Å². The molecule has 1 amide bonds. The molecule has 0 atom stereocenters. The van der Waals surface area contributed by atoms with Gasteiger partial charge in [0.25, 0.3) is 0 Å². The Morgan fingerprint density at radius 1 is 1.22 bits per heavy atom. The molecule has 5 heteroatoms. The number of carbonyl (C=O) groups excluding carboxylic acids is 1. The van der Waals surface area contributed by atoms with E-state index in [4.69, 9.17) is 10.5 Å². The topological polar surface area (TPSA) is 79.9 Å². The number of nitriles is 2. The molecule has 0 aromatic carbocycles. The Bertz CT molecular complexity index is 342. The molecule has 0 bridgehead atoms. The number of nitrogens with one attached hydrogen (secondary N) is 1. The molecule has 0 saturated carbocycles. The largest absolute Gasteiger partial charge is 0.340 e. The minimum atomic E-state index is -0.337. The lowest BCUT2D eigenvalue weighted by Gasteiger charge is -2.37. The van der Waals surface area contributed by atoms with E-state index in [0.29, 0.717) is 25.9 Å². The lowest BCUT2D eigenvalue weighted by atomic mass is 9.79. The van der Waals surface area contributed by atoms with Crippen molar-refractivity contribution in [3.8, 4) is 12.1 Å². The van der Waals surface area contributed by atoms with E-state index in [2.05, 4.69) is 17.5 Å². The maximum Gasteiger partial charge on any atom is 0.228 e. The molecule has 0 radical (unpaired) electrons. The summed E-state index contributed by atoms with van der Waals surface area (Å²) in [5, 5.41) is 20.5. The van der Waals surface area contributed by atoms with Crippen molar-refractivity contribution in [1.82, 2.24) is 10.2 Å². The Morgan fingerprint density at radius 3 is 2.17 bits per heavy atom. The first-order valence-electron chi connectivity index (χ1n) is 6.38. The molecule has 0 spiro atoms. The van der Waals surface area contributed by atoms with Crippen LogP contribution in [0.25, 0.3) is 0 Å². The van der Waals surface area contributed by atoms with Crippen LogP contribution in [0.15, 0.2) is 0 Å². The third kappa shape index (κ3) is 3.72. The van der Waals surface area contributed by atoms with Crippen molar-refractivity contribution >= 4 is 5.91 Å². The van der Waals surface area contributed by atoms with E-state index in [1.807, 2.05) is 6.92 Å². The number of amides is 1. The molecular formula is C13H20N4O. The predicted molar refractivity (Wildman–Crippen MR) is 67.3 cm³/mol. The van der Waals surface area contributed by atoms with Crippen LogP contribution in [-0.4, -0.2) is 37.0 Å². The van der Waals surface area contributed by atoms with Gasteiger partial charge in [-0.1, -0.05) is 6.92 Å². The van der Waals surface area contributed by atoms with Gasteiger partial charge >= 0.3 is 0 Å². The van der Waals surface area contributed by atoms with Crippen LogP contribution in [0.2, 0.25) is 0 Å². The first kappa shape index (κ1) is 14.5. The molecule has 98 valence electrons. The molecule has 1 rings (SSSR count). The van der Waals surface area contributed by atoms with Gasteiger partial charge in [0.1, 0.15) is 0 Å². The zero-order chi connectivity index (χ0) is 13.4. The maximum absolute atomic E-state index is 12.5. The molecule has 0 aliphatic carbocycles. The normalized spacial score (nSPS) is 17.5. The van der Waals surface area contributed by atoms with Crippen molar-refractivity contribution in [3.05, 3.63) is 0 Å². The smallest absolute Gasteiger partial charge is 0.228 e. The van der Waals surface area contributed by atoms with Crippen molar-refractivity contribution in [2.45, 2.75) is 32.6 Å². The van der Waals surface area contributed by atoms with E-state index in [-0.39, 0.29) is 11.3 Å². The van der Waals surface area contributed by atoms with E-state index in [0.717, 1.165) is 25.9 Å².